The summed E-state index contributed by atoms with van der Waals surface area (Å²) in [6.45, 7) is 8.36. The molecule has 0 atom stereocenters. The lowest BCUT2D eigenvalue weighted by atomic mass is 9.73. The van der Waals surface area contributed by atoms with Crippen LogP contribution in [-0.4, -0.2) is 37.0 Å². The van der Waals surface area contributed by atoms with Crippen LogP contribution >= 0.6 is 0 Å². The van der Waals surface area contributed by atoms with Gasteiger partial charge in [0, 0.05) is 32.1 Å². The molecule has 3 nitrogen and oxygen atoms in total. The molecule has 1 aliphatic heterocycles. The zero-order chi connectivity index (χ0) is 11.6. The standard InChI is InChI=1S/C13H24N2O/c1-13(2)5-3-11(4-6-13)12(16)15-9-7-14-8-10-15/h11,14H,3-10H2,1-2H3. The summed E-state index contributed by atoms with van der Waals surface area (Å²) in [4.78, 5) is 14.3. The van der Waals surface area contributed by atoms with Crippen LogP contribution in [0.3, 0.4) is 0 Å². The fourth-order valence-corrected chi connectivity index (χ4v) is 2.79. The number of nitrogens with zero attached hydrogens (tertiary/aromatic N) is 1. The number of rotatable bonds is 1. The second-order valence-corrected chi connectivity index (χ2v) is 6.01. The van der Waals surface area contributed by atoms with Crippen LogP contribution in [0.1, 0.15) is 39.5 Å². The number of hydrogen-bond acceptors (Lipinski definition) is 2. The van der Waals surface area contributed by atoms with Crippen LogP contribution < -0.4 is 5.32 Å². The smallest absolute Gasteiger partial charge is 0.225 e. The van der Waals surface area contributed by atoms with Crippen molar-refractivity contribution in [1.29, 1.82) is 0 Å². The third kappa shape index (κ3) is 2.76. The molecule has 3 heteroatoms. The predicted molar refractivity (Wildman–Crippen MR) is 65.2 cm³/mol. The second kappa shape index (κ2) is 4.74. The average molecular weight is 224 g/mol. The second-order valence-electron chi connectivity index (χ2n) is 6.01. The molecule has 1 saturated heterocycles. The first kappa shape index (κ1) is 11.9. The fraction of sp³-hybridized carbons (Fsp3) is 0.923. The summed E-state index contributed by atoms with van der Waals surface area (Å²) in [6, 6.07) is 0. The summed E-state index contributed by atoms with van der Waals surface area (Å²) in [6.07, 6.45) is 4.59. The molecule has 92 valence electrons. The van der Waals surface area contributed by atoms with Crippen LogP contribution in [-0.2, 0) is 4.79 Å². The van der Waals surface area contributed by atoms with Crippen molar-refractivity contribution in [3.63, 3.8) is 0 Å². The van der Waals surface area contributed by atoms with Gasteiger partial charge in [0.25, 0.3) is 0 Å². The first-order valence-electron chi connectivity index (χ1n) is 6.58. The normalized spacial score (nSPS) is 26.8. The number of hydrogen-bond donors (Lipinski definition) is 1. The van der Waals surface area contributed by atoms with Gasteiger partial charge in [-0.25, -0.2) is 0 Å². The van der Waals surface area contributed by atoms with E-state index in [1.165, 1.54) is 12.8 Å². The van der Waals surface area contributed by atoms with E-state index in [2.05, 4.69) is 24.1 Å². The van der Waals surface area contributed by atoms with Crippen molar-refractivity contribution in [3.05, 3.63) is 0 Å². The Morgan fingerprint density at radius 2 is 1.75 bits per heavy atom. The van der Waals surface area contributed by atoms with Crippen molar-refractivity contribution in [3.8, 4) is 0 Å². The summed E-state index contributed by atoms with van der Waals surface area (Å²) >= 11 is 0. The molecule has 0 radical (unpaired) electrons. The maximum atomic E-state index is 12.3. The van der Waals surface area contributed by atoms with E-state index in [1.54, 1.807) is 0 Å². The van der Waals surface area contributed by atoms with Crippen molar-refractivity contribution in [1.82, 2.24) is 10.2 Å². The molecule has 1 heterocycles. The van der Waals surface area contributed by atoms with E-state index in [4.69, 9.17) is 0 Å². The van der Waals surface area contributed by atoms with Gasteiger partial charge in [0.1, 0.15) is 0 Å². The number of carbonyl (C=O) groups is 1. The Kier molecular flexibility index (Phi) is 3.53. The quantitative estimate of drug-likeness (QED) is 0.734. The minimum absolute atomic E-state index is 0.311. The molecular formula is C13H24N2O. The van der Waals surface area contributed by atoms with Gasteiger partial charge in [-0.05, 0) is 31.1 Å². The van der Waals surface area contributed by atoms with Crippen LogP contribution in [0.25, 0.3) is 0 Å². The number of nitrogens with one attached hydrogen (secondary N) is 1. The van der Waals surface area contributed by atoms with Gasteiger partial charge in [0.15, 0.2) is 0 Å². The van der Waals surface area contributed by atoms with Crippen LogP contribution in [0.2, 0.25) is 0 Å². The molecule has 0 aromatic carbocycles. The van der Waals surface area contributed by atoms with Crippen molar-refractivity contribution in [2.75, 3.05) is 26.2 Å². The molecular weight excluding hydrogens is 200 g/mol. The molecule has 0 aromatic heterocycles. The third-order valence-electron chi connectivity index (χ3n) is 4.12. The lowest BCUT2D eigenvalue weighted by molar-refractivity contribution is -0.137. The molecule has 2 rings (SSSR count). The highest BCUT2D eigenvalue weighted by atomic mass is 16.2. The maximum Gasteiger partial charge on any atom is 0.225 e. The Hall–Kier alpha value is -0.570. The maximum absolute atomic E-state index is 12.3. The van der Waals surface area contributed by atoms with E-state index in [0.717, 1.165) is 39.0 Å². The Bertz CT molecular complexity index is 247. The Labute approximate surface area is 98.6 Å². The van der Waals surface area contributed by atoms with Gasteiger partial charge in [-0.2, -0.15) is 0 Å². The zero-order valence-electron chi connectivity index (χ0n) is 10.6. The average Bonchev–Trinajstić information content (AvgIpc) is 2.29. The van der Waals surface area contributed by atoms with Crippen molar-refractivity contribution >= 4 is 5.91 Å². The zero-order valence-corrected chi connectivity index (χ0v) is 10.6. The SMILES string of the molecule is CC1(C)CCC(C(=O)N2CCNCC2)CC1. The first-order valence-corrected chi connectivity index (χ1v) is 6.58. The van der Waals surface area contributed by atoms with Crippen LogP contribution in [0.15, 0.2) is 0 Å². The summed E-state index contributed by atoms with van der Waals surface area (Å²) in [7, 11) is 0. The topological polar surface area (TPSA) is 32.3 Å². The molecule has 1 N–H and O–H groups in total. The third-order valence-corrected chi connectivity index (χ3v) is 4.12. The Morgan fingerprint density at radius 3 is 2.31 bits per heavy atom. The molecule has 1 aliphatic carbocycles. The molecule has 0 aromatic rings. The van der Waals surface area contributed by atoms with Gasteiger partial charge in [0.2, 0.25) is 5.91 Å². The van der Waals surface area contributed by atoms with E-state index >= 15 is 0 Å². The van der Waals surface area contributed by atoms with Crippen LogP contribution in [0, 0.1) is 11.3 Å². The van der Waals surface area contributed by atoms with E-state index in [9.17, 15) is 4.79 Å². The molecule has 0 bridgehead atoms. The molecule has 1 amide bonds. The molecule has 0 unspecified atom stereocenters. The molecule has 1 saturated carbocycles. The molecule has 16 heavy (non-hydrogen) atoms. The van der Waals surface area contributed by atoms with E-state index in [-0.39, 0.29) is 0 Å². The van der Waals surface area contributed by atoms with Crippen LogP contribution in [0.5, 0.6) is 0 Å². The minimum Gasteiger partial charge on any atom is -0.340 e. The van der Waals surface area contributed by atoms with Gasteiger partial charge < -0.3 is 10.2 Å². The lowest BCUT2D eigenvalue weighted by Crippen LogP contribution is -2.49. The van der Waals surface area contributed by atoms with Gasteiger partial charge in [-0.1, -0.05) is 13.8 Å². The number of amides is 1. The van der Waals surface area contributed by atoms with Crippen molar-refractivity contribution in [2.24, 2.45) is 11.3 Å². The van der Waals surface area contributed by atoms with E-state index < -0.39 is 0 Å². The lowest BCUT2D eigenvalue weighted by Gasteiger charge is -2.37. The Balaban J connectivity index is 1.86. The monoisotopic (exact) mass is 224 g/mol. The fourth-order valence-electron chi connectivity index (χ4n) is 2.79. The number of carbonyl (C=O) groups excluding carboxylic acids is 1. The van der Waals surface area contributed by atoms with Crippen LogP contribution in [0.4, 0.5) is 0 Å². The van der Waals surface area contributed by atoms with Crippen molar-refractivity contribution in [2.45, 2.75) is 39.5 Å². The predicted octanol–water partition coefficient (Wildman–Crippen LogP) is 1.63. The highest BCUT2D eigenvalue weighted by Crippen LogP contribution is 2.38. The van der Waals surface area contributed by atoms with E-state index in [1.807, 2.05) is 0 Å². The van der Waals surface area contributed by atoms with E-state index in [0.29, 0.717) is 17.2 Å². The number of piperazine rings is 1. The summed E-state index contributed by atoms with van der Waals surface area (Å²) in [5, 5.41) is 3.29. The highest BCUT2D eigenvalue weighted by molar-refractivity contribution is 5.79. The highest BCUT2D eigenvalue weighted by Gasteiger charge is 2.32. The van der Waals surface area contributed by atoms with Gasteiger partial charge in [-0.15, -0.1) is 0 Å². The summed E-state index contributed by atoms with van der Waals surface area (Å²) in [5.41, 5.74) is 0.459. The molecule has 2 aliphatic rings. The first-order chi connectivity index (χ1) is 7.58. The molecule has 0 spiro atoms. The van der Waals surface area contributed by atoms with Gasteiger partial charge in [0.05, 0.1) is 0 Å². The Morgan fingerprint density at radius 1 is 1.19 bits per heavy atom. The molecule has 2 fully saturated rings. The minimum atomic E-state index is 0.311. The largest absolute Gasteiger partial charge is 0.340 e. The van der Waals surface area contributed by atoms with Gasteiger partial charge in [-0.3, -0.25) is 4.79 Å². The summed E-state index contributed by atoms with van der Waals surface area (Å²) in [5.74, 6) is 0.725. The van der Waals surface area contributed by atoms with Crippen molar-refractivity contribution < 1.29 is 4.79 Å². The summed E-state index contributed by atoms with van der Waals surface area (Å²) < 4.78 is 0. The van der Waals surface area contributed by atoms with Gasteiger partial charge >= 0.3 is 0 Å².